The monoisotopic (exact) mass is 462 g/mol. The van der Waals surface area contributed by atoms with Gasteiger partial charge in [0, 0.05) is 50.1 Å². The standard InChI is InChI=1S/C25H30N6O3/c1-18-3-4-19(25(33)29-21-5-6-21)11-24(18)20-13-28-31(16-20)23-12-22(14-26-15-23)27-7-8-30(17-32)9-10-34-2/h3-4,11-17,21,27H,5-10H2,1-2H3,(H,29,33). The van der Waals surface area contributed by atoms with Crippen LogP contribution in [-0.2, 0) is 9.53 Å². The molecule has 3 aromatic rings. The SMILES string of the molecule is COCCN(C=O)CCNc1cncc(-n2cc(-c3cc(C(=O)NC4CC4)ccc3C)cn2)c1. The molecule has 9 heteroatoms. The largest absolute Gasteiger partial charge is 0.383 e. The van der Waals surface area contributed by atoms with Crippen LogP contribution < -0.4 is 10.6 Å². The number of anilines is 1. The Morgan fingerprint density at radius 3 is 2.85 bits per heavy atom. The molecular formula is C25H30N6O3. The van der Waals surface area contributed by atoms with Crippen LogP contribution in [0.2, 0.25) is 0 Å². The molecule has 0 radical (unpaired) electrons. The van der Waals surface area contributed by atoms with E-state index in [4.69, 9.17) is 4.74 Å². The van der Waals surface area contributed by atoms with E-state index in [1.807, 2.05) is 37.4 Å². The van der Waals surface area contributed by atoms with Gasteiger partial charge in [-0.05, 0) is 49.1 Å². The number of nitrogens with one attached hydrogen (secondary N) is 2. The van der Waals surface area contributed by atoms with Gasteiger partial charge in [-0.15, -0.1) is 0 Å². The maximum atomic E-state index is 12.5. The van der Waals surface area contributed by atoms with E-state index < -0.39 is 0 Å². The first-order valence-electron chi connectivity index (χ1n) is 11.4. The van der Waals surface area contributed by atoms with Gasteiger partial charge in [-0.25, -0.2) is 4.68 Å². The van der Waals surface area contributed by atoms with Crippen LogP contribution in [0.1, 0.15) is 28.8 Å². The number of amides is 2. The van der Waals surface area contributed by atoms with Crippen molar-refractivity contribution >= 4 is 18.0 Å². The molecule has 2 heterocycles. The molecule has 0 saturated heterocycles. The number of carbonyl (C=O) groups excluding carboxylic acids is 2. The number of pyridine rings is 1. The van der Waals surface area contributed by atoms with Crippen LogP contribution in [0.5, 0.6) is 0 Å². The second-order valence-electron chi connectivity index (χ2n) is 8.44. The number of methoxy groups -OCH3 is 1. The highest BCUT2D eigenvalue weighted by molar-refractivity contribution is 5.96. The number of hydrogen-bond acceptors (Lipinski definition) is 6. The van der Waals surface area contributed by atoms with Crippen LogP contribution in [0, 0.1) is 6.92 Å². The lowest BCUT2D eigenvalue weighted by molar-refractivity contribution is -0.118. The predicted molar refractivity (Wildman–Crippen MR) is 130 cm³/mol. The third-order valence-corrected chi connectivity index (χ3v) is 5.75. The van der Waals surface area contributed by atoms with Gasteiger partial charge in [0.2, 0.25) is 6.41 Å². The van der Waals surface area contributed by atoms with E-state index in [0.717, 1.165) is 47.3 Å². The quantitative estimate of drug-likeness (QED) is 0.401. The molecule has 0 atom stereocenters. The van der Waals surface area contributed by atoms with Crippen molar-refractivity contribution in [1.82, 2.24) is 25.0 Å². The van der Waals surface area contributed by atoms with Crippen LogP contribution >= 0.6 is 0 Å². The number of aromatic nitrogens is 3. The molecule has 178 valence electrons. The molecule has 2 N–H and O–H groups in total. The molecule has 0 aliphatic heterocycles. The minimum atomic E-state index is -0.0329. The van der Waals surface area contributed by atoms with E-state index in [1.54, 1.807) is 35.3 Å². The first kappa shape index (κ1) is 23.4. The van der Waals surface area contributed by atoms with Crippen molar-refractivity contribution < 1.29 is 14.3 Å². The Labute approximate surface area is 199 Å². The number of ether oxygens (including phenoxy) is 1. The van der Waals surface area contributed by atoms with Crippen molar-refractivity contribution in [3.05, 3.63) is 60.2 Å². The normalized spacial score (nSPS) is 12.9. The molecular weight excluding hydrogens is 432 g/mol. The van der Waals surface area contributed by atoms with E-state index in [-0.39, 0.29) is 5.91 Å². The Balaban J connectivity index is 1.44. The summed E-state index contributed by atoms with van der Waals surface area (Å²) in [5.41, 5.74) is 5.27. The zero-order chi connectivity index (χ0) is 23.9. The minimum Gasteiger partial charge on any atom is -0.383 e. The summed E-state index contributed by atoms with van der Waals surface area (Å²) in [5, 5.41) is 10.8. The Morgan fingerprint density at radius 2 is 2.09 bits per heavy atom. The van der Waals surface area contributed by atoms with Gasteiger partial charge in [-0.2, -0.15) is 5.10 Å². The predicted octanol–water partition coefficient (Wildman–Crippen LogP) is 2.65. The average molecular weight is 463 g/mol. The molecule has 2 aromatic heterocycles. The topological polar surface area (TPSA) is 101 Å². The van der Waals surface area contributed by atoms with E-state index in [2.05, 4.69) is 20.7 Å². The van der Waals surface area contributed by atoms with Gasteiger partial charge in [0.25, 0.3) is 5.91 Å². The van der Waals surface area contributed by atoms with Crippen molar-refractivity contribution in [2.45, 2.75) is 25.8 Å². The number of carbonyl (C=O) groups is 2. The van der Waals surface area contributed by atoms with Crippen LogP contribution in [0.15, 0.2) is 49.1 Å². The molecule has 0 spiro atoms. The highest BCUT2D eigenvalue weighted by Crippen LogP contribution is 2.26. The number of benzene rings is 1. The summed E-state index contributed by atoms with van der Waals surface area (Å²) in [6, 6.07) is 8.03. The van der Waals surface area contributed by atoms with Gasteiger partial charge in [-0.1, -0.05) is 6.07 Å². The summed E-state index contributed by atoms with van der Waals surface area (Å²) in [7, 11) is 1.61. The average Bonchev–Trinajstić information content (AvgIpc) is 3.53. The molecule has 34 heavy (non-hydrogen) atoms. The van der Waals surface area contributed by atoms with Crippen LogP contribution in [0.3, 0.4) is 0 Å². The first-order chi connectivity index (χ1) is 16.6. The van der Waals surface area contributed by atoms with E-state index in [0.29, 0.717) is 37.8 Å². The Hall–Kier alpha value is -3.72. The maximum absolute atomic E-state index is 12.5. The number of nitrogens with zero attached hydrogens (tertiary/aromatic N) is 4. The summed E-state index contributed by atoms with van der Waals surface area (Å²) >= 11 is 0. The molecule has 1 fully saturated rings. The van der Waals surface area contributed by atoms with Crippen LogP contribution in [0.4, 0.5) is 5.69 Å². The van der Waals surface area contributed by atoms with Crippen molar-refractivity contribution in [2.75, 3.05) is 38.7 Å². The minimum absolute atomic E-state index is 0.0329. The molecule has 0 bridgehead atoms. The lowest BCUT2D eigenvalue weighted by Crippen LogP contribution is -2.30. The zero-order valence-corrected chi connectivity index (χ0v) is 19.5. The van der Waals surface area contributed by atoms with Crippen molar-refractivity contribution in [3.63, 3.8) is 0 Å². The summed E-state index contributed by atoms with van der Waals surface area (Å²) in [6.45, 7) is 4.24. The van der Waals surface area contributed by atoms with Crippen molar-refractivity contribution in [2.24, 2.45) is 0 Å². The molecule has 4 rings (SSSR count). The van der Waals surface area contributed by atoms with Gasteiger partial charge in [0.1, 0.15) is 0 Å². The lowest BCUT2D eigenvalue weighted by atomic mass is 10.0. The fraction of sp³-hybridized carbons (Fsp3) is 0.360. The van der Waals surface area contributed by atoms with Crippen molar-refractivity contribution in [1.29, 1.82) is 0 Å². The third-order valence-electron chi connectivity index (χ3n) is 5.75. The molecule has 1 aliphatic rings. The van der Waals surface area contributed by atoms with E-state index in [1.165, 1.54) is 0 Å². The molecule has 2 amide bonds. The van der Waals surface area contributed by atoms with Gasteiger partial charge < -0.3 is 20.3 Å². The van der Waals surface area contributed by atoms with Gasteiger partial charge in [0.15, 0.2) is 0 Å². The number of aryl methyl sites for hydroxylation is 1. The number of rotatable bonds is 12. The Morgan fingerprint density at radius 1 is 1.24 bits per heavy atom. The molecule has 9 nitrogen and oxygen atoms in total. The second kappa shape index (κ2) is 10.9. The van der Waals surface area contributed by atoms with E-state index in [9.17, 15) is 9.59 Å². The van der Waals surface area contributed by atoms with Crippen LogP contribution in [0.25, 0.3) is 16.8 Å². The maximum Gasteiger partial charge on any atom is 0.251 e. The van der Waals surface area contributed by atoms with Crippen molar-refractivity contribution in [3.8, 4) is 16.8 Å². The molecule has 1 aromatic carbocycles. The van der Waals surface area contributed by atoms with Crippen LogP contribution in [-0.4, -0.2) is 71.4 Å². The zero-order valence-electron chi connectivity index (χ0n) is 19.5. The Bertz CT molecular complexity index is 1140. The molecule has 1 aliphatic carbocycles. The third kappa shape index (κ3) is 5.99. The molecule has 0 unspecified atom stereocenters. The summed E-state index contributed by atoms with van der Waals surface area (Å²) in [4.78, 5) is 29.6. The highest BCUT2D eigenvalue weighted by atomic mass is 16.5. The Kier molecular flexibility index (Phi) is 7.54. The summed E-state index contributed by atoms with van der Waals surface area (Å²) in [5.74, 6) is -0.0329. The van der Waals surface area contributed by atoms with Gasteiger partial charge in [-0.3, -0.25) is 14.6 Å². The van der Waals surface area contributed by atoms with Gasteiger partial charge >= 0.3 is 0 Å². The highest BCUT2D eigenvalue weighted by Gasteiger charge is 2.24. The second-order valence-corrected chi connectivity index (χ2v) is 8.44. The fourth-order valence-corrected chi connectivity index (χ4v) is 3.59. The summed E-state index contributed by atoms with van der Waals surface area (Å²) in [6.07, 6.45) is 10.1. The number of hydrogen-bond donors (Lipinski definition) is 2. The van der Waals surface area contributed by atoms with E-state index >= 15 is 0 Å². The van der Waals surface area contributed by atoms with Gasteiger partial charge in [0.05, 0.1) is 36.6 Å². The lowest BCUT2D eigenvalue weighted by Gasteiger charge is -2.17. The fourth-order valence-electron chi connectivity index (χ4n) is 3.59. The smallest absolute Gasteiger partial charge is 0.251 e. The molecule has 1 saturated carbocycles. The summed E-state index contributed by atoms with van der Waals surface area (Å²) < 4.78 is 6.78. The first-order valence-corrected chi connectivity index (χ1v) is 11.4.